The fourth-order valence-corrected chi connectivity index (χ4v) is 3.76. The Kier molecular flexibility index (Phi) is 3.46. The third-order valence-electron chi connectivity index (χ3n) is 5.11. The summed E-state index contributed by atoms with van der Waals surface area (Å²) in [7, 11) is 0. The summed E-state index contributed by atoms with van der Waals surface area (Å²) in [5.41, 5.74) is 1.37. The lowest BCUT2D eigenvalue weighted by molar-refractivity contribution is -0.0605. The fraction of sp³-hybridized carbons (Fsp3) is 0.333. The van der Waals surface area contributed by atoms with Crippen LogP contribution in [-0.2, 0) is 11.3 Å². The SMILES string of the molecule is O=C(c1ccc2cccc(F)c2n1)N1CC[C@H]2OCc3cnnn3[C@@H]2C1. The molecule has 1 amide bonds. The van der Waals surface area contributed by atoms with Gasteiger partial charge in [-0.2, -0.15) is 0 Å². The van der Waals surface area contributed by atoms with Gasteiger partial charge in [0, 0.05) is 18.5 Å². The van der Waals surface area contributed by atoms with E-state index in [1.165, 1.54) is 6.07 Å². The number of ether oxygens (including phenoxy) is 1. The first-order valence-corrected chi connectivity index (χ1v) is 8.56. The lowest BCUT2D eigenvalue weighted by atomic mass is 10.00. The minimum Gasteiger partial charge on any atom is -0.370 e. The molecule has 26 heavy (non-hydrogen) atoms. The number of amides is 1. The number of carbonyl (C=O) groups is 1. The largest absolute Gasteiger partial charge is 0.370 e. The maximum Gasteiger partial charge on any atom is 0.272 e. The van der Waals surface area contributed by atoms with E-state index in [0.29, 0.717) is 25.1 Å². The molecule has 0 N–H and O–H groups in total. The summed E-state index contributed by atoms with van der Waals surface area (Å²) in [6.45, 7) is 1.53. The van der Waals surface area contributed by atoms with Crippen LogP contribution in [-0.4, -0.2) is 50.0 Å². The van der Waals surface area contributed by atoms with E-state index in [1.807, 2.05) is 4.68 Å². The number of carbonyl (C=O) groups excluding carboxylic acids is 1. The highest BCUT2D eigenvalue weighted by Gasteiger charge is 2.38. The maximum absolute atomic E-state index is 14.0. The Labute approximate surface area is 148 Å². The van der Waals surface area contributed by atoms with E-state index in [-0.39, 0.29) is 29.3 Å². The summed E-state index contributed by atoms with van der Waals surface area (Å²) >= 11 is 0. The number of nitrogens with zero attached hydrogens (tertiary/aromatic N) is 5. The van der Waals surface area contributed by atoms with Crippen LogP contribution in [0.4, 0.5) is 4.39 Å². The number of benzene rings is 1. The number of aromatic nitrogens is 4. The molecule has 2 atom stereocenters. The van der Waals surface area contributed by atoms with Crippen LogP contribution in [0.15, 0.2) is 36.5 Å². The monoisotopic (exact) mass is 353 g/mol. The molecule has 1 saturated heterocycles. The number of hydrogen-bond donors (Lipinski definition) is 0. The molecule has 0 radical (unpaired) electrons. The zero-order chi connectivity index (χ0) is 17.7. The number of hydrogen-bond acceptors (Lipinski definition) is 5. The van der Waals surface area contributed by atoms with E-state index in [4.69, 9.17) is 4.74 Å². The van der Waals surface area contributed by atoms with Gasteiger partial charge in [0.25, 0.3) is 5.91 Å². The molecule has 8 heteroatoms. The number of rotatable bonds is 1. The Morgan fingerprint density at radius 3 is 3.12 bits per heavy atom. The van der Waals surface area contributed by atoms with Gasteiger partial charge in [-0.05, 0) is 18.6 Å². The van der Waals surface area contributed by atoms with E-state index < -0.39 is 5.82 Å². The van der Waals surface area contributed by atoms with Gasteiger partial charge < -0.3 is 9.64 Å². The zero-order valence-electron chi connectivity index (χ0n) is 13.9. The smallest absolute Gasteiger partial charge is 0.272 e. The molecule has 4 heterocycles. The van der Waals surface area contributed by atoms with E-state index in [1.54, 1.807) is 35.4 Å². The van der Waals surface area contributed by atoms with E-state index in [2.05, 4.69) is 15.3 Å². The van der Waals surface area contributed by atoms with Crippen LogP contribution >= 0.6 is 0 Å². The number of pyridine rings is 1. The van der Waals surface area contributed by atoms with Gasteiger partial charge in [-0.25, -0.2) is 14.1 Å². The van der Waals surface area contributed by atoms with Gasteiger partial charge in [-0.3, -0.25) is 4.79 Å². The van der Waals surface area contributed by atoms with Crippen molar-refractivity contribution in [3.63, 3.8) is 0 Å². The quantitative estimate of drug-likeness (QED) is 0.669. The highest BCUT2D eigenvalue weighted by Crippen LogP contribution is 2.30. The van der Waals surface area contributed by atoms with Crippen molar-refractivity contribution in [2.45, 2.75) is 25.2 Å². The molecular weight excluding hydrogens is 337 g/mol. The Hall–Kier alpha value is -2.87. The normalized spacial score (nSPS) is 22.1. The van der Waals surface area contributed by atoms with Crippen LogP contribution in [0.25, 0.3) is 10.9 Å². The molecule has 0 spiro atoms. The lowest BCUT2D eigenvalue weighted by Crippen LogP contribution is -2.50. The van der Waals surface area contributed by atoms with Crippen LogP contribution in [0.1, 0.15) is 28.6 Å². The molecule has 0 bridgehead atoms. The van der Waals surface area contributed by atoms with Crippen molar-refractivity contribution in [2.75, 3.05) is 13.1 Å². The summed E-state index contributed by atoms with van der Waals surface area (Å²) < 4.78 is 21.7. The molecule has 0 unspecified atom stereocenters. The van der Waals surface area contributed by atoms with E-state index >= 15 is 0 Å². The van der Waals surface area contributed by atoms with Crippen molar-refractivity contribution < 1.29 is 13.9 Å². The van der Waals surface area contributed by atoms with Gasteiger partial charge in [-0.1, -0.05) is 23.4 Å². The summed E-state index contributed by atoms with van der Waals surface area (Å²) in [4.78, 5) is 18.9. The van der Waals surface area contributed by atoms with Crippen molar-refractivity contribution in [1.29, 1.82) is 0 Å². The Morgan fingerprint density at radius 1 is 1.27 bits per heavy atom. The topological polar surface area (TPSA) is 73.1 Å². The van der Waals surface area contributed by atoms with Crippen LogP contribution in [0.2, 0.25) is 0 Å². The number of piperidine rings is 1. The van der Waals surface area contributed by atoms with E-state index in [9.17, 15) is 9.18 Å². The summed E-state index contributed by atoms with van der Waals surface area (Å²) in [6.07, 6.45) is 2.43. The second-order valence-corrected chi connectivity index (χ2v) is 6.63. The highest BCUT2D eigenvalue weighted by atomic mass is 19.1. The molecule has 0 saturated carbocycles. The first-order valence-electron chi connectivity index (χ1n) is 8.56. The predicted octanol–water partition coefficient (Wildman–Crippen LogP) is 1.95. The molecule has 132 valence electrons. The molecule has 5 rings (SSSR count). The Morgan fingerprint density at radius 2 is 2.19 bits per heavy atom. The summed E-state index contributed by atoms with van der Waals surface area (Å²) in [5, 5.41) is 8.76. The Balaban J connectivity index is 1.44. The van der Waals surface area contributed by atoms with Crippen molar-refractivity contribution in [2.24, 2.45) is 0 Å². The number of likely N-dealkylation sites (tertiary alicyclic amines) is 1. The summed E-state index contributed by atoms with van der Waals surface area (Å²) in [5.74, 6) is -0.635. The van der Waals surface area contributed by atoms with Gasteiger partial charge in [0.1, 0.15) is 17.0 Å². The fourth-order valence-electron chi connectivity index (χ4n) is 3.76. The predicted molar refractivity (Wildman–Crippen MR) is 89.9 cm³/mol. The molecule has 2 aliphatic rings. The van der Waals surface area contributed by atoms with Crippen molar-refractivity contribution in [1.82, 2.24) is 24.9 Å². The van der Waals surface area contributed by atoms with Crippen molar-refractivity contribution in [3.8, 4) is 0 Å². The van der Waals surface area contributed by atoms with Gasteiger partial charge in [0.2, 0.25) is 0 Å². The minimum absolute atomic E-state index is 0.0234. The Bertz CT molecular complexity index is 1000. The average Bonchev–Trinajstić information content (AvgIpc) is 3.16. The first-order chi connectivity index (χ1) is 12.7. The molecule has 7 nitrogen and oxygen atoms in total. The lowest BCUT2D eigenvalue weighted by Gasteiger charge is -2.40. The van der Waals surface area contributed by atoms with Gasteiger partial charge in [0.05, 0.1) is 30.6 Å². The van der Waals surface area contributed by atoms with Crippen molar-refractivity contribution in [3.05, 3.63) is 53.7 Å². The maximum atomic E-state index is 14.0. The standard InChI is InChI=1S/C18H16FN5O2/c19-13-3-1-2-11-4-5-14(21-17(11)13)18(25)23-7-6-16-15(9-23)24-12(10-26-16)8-20-22-24/h1-5,8,15-16H,6-7,9-10H2/t15-,16-/m1/s1. The van der Waals surface area contributed by atoms with Gasteiger partial charge in [0.15, 0.2) is 0 Å². The molecule has 3 aromatic rings. The third kappa shape index (κ3) is 2.37. The molecular formula is C18H16FN5O2. The zero-order valence-corrected chi connectivity index (χ0v) is 13.9. The van der Waals surface area contributed by atoms with Crippen LogP contribution in [0.5, 0.6) is 0 Å². The number of para-hydroxylation sites is 1. The van der Waals surface area contributed by atoms with Crippen LogP contribution in [0, 0.1) is 5.82 Å². The second-order valence-electron chi connectivity index (χ2n) is 6.63. The van der Waals surface area contributed by atoms with Gasteiger partial charge in [-0.15, -0.1) is 5.10 Å². The molecule has 0 aliphatic carbocycles. The summed E-state index contributed by atoms with van der Waals surface area (Å²) in [6, 6.07) is 8.07. The molecule has 2 aliphatic heterocycles. The first kappa shape index (κ1) is 15.4. The molecule has 1 aromatic carbocycles. The van der Waals surface area contributed by atoms with Crippen LogP contribution in [0.3, 0.4) is 0 Å². The molecule has 2 aromatic heterocycles. The minimum atomic E-state index is -0.427. The second kappa shape index (κ2) is 5.84. The number of fused-ring (bicyclic) bond motifs is 4. The average molecular weight is 353 g/mol. The highest BCUT2D eigenvalue weighted by molar-refractivity contribution is 5.95. The van der Waals surface area contributed by atoms with Crippen LogP contribution < -0.4 is 0 Å². The third-order valence-corrected chi connectivity index (χ3v) is 5.11. The van der Waals surface area contributed by atoms with Crippen molar-refractivity contribution >= 4 is 16.8 Å². The van der Waals surface area contributed by atoms with E-state index in [0.717, 1.165) is 12.1 Å². The van der Waals surface area contributed by atoms with Gasteiger partial charge >= 0.3 is 0 Å². The molecule has 1 fully saturated rings. The number of halogens is 1.